The van der Waals surface area contributed by atoms with Gasteiger partial charge < -0.3 is 5.32 Å². The summed E-state index contributed by atoms with van der Waals surface area (Å²) in [5.41, 5.74) is -1.15. The normalized spacial score (nSPS) is 11.2. The average Bonchev–Trinajstić information content (AvgIpc) is 2.41. The third-order valence-electron chi connectivity index (χ3n) is 2.82. The summed E-state index contributed by atoms with van der Waals surface area (Å²) in [6, 6.07) is 10.3. The maximum atomic E-state index is 13.4. The molecule has 2 rings (SSSR count). The molecule has 0 aliphatic carbocycles. The first kappa shape index (κ1) is 15.0. The number of anilines is 1. The number of carbonyl (C=O) groups excluding carboxylic acids is 1. The second kappa shape index (κ2) is 5.95. The van der Waals surface area contributed by atoms with E-state index in [1.807, 2.05) is 0 Å². The summed E-state index contributed by atoms with van der Waals surface area (Å²) in [4.78, 5) is 11.8. The minimum absolute atomic E-state index is 0.125. The van der Waals surface area contributed by atoms with Crippen LogP contribution in [-0.2, 0) is 17.4 Å². The molecule has 0 saturated carbocycles. The van der Waals surface area contributed by atoms with Gasteiger partial charge >= 0.3 is 6.18 Å². The number of para-hydroxylation sites is 1. The number of halogens is 4. The van der Waals surface area contributed by atoms with Crippen LogP contribution in [0.1, 0.15) is 11.1 Å². The highest BCUT2D eigenvalue weighted by atomic mass is 19.4. The van der Waals surface area contributed by atoms with E-state index < -0.39 is 23.5 Å². The Hall–Kier alpha value is -2.37. The molecule has 0 fully saturated rings. The van der Waals surface area contributed by atoms with E-state index >= 15 is 0 Å². The van der Waals surface area contributed by atoms with Crippen molar-refractivity contribution < 1.29 is 22.4 Å². The van der Waals surface area contributed by atoms with Crippen molar-refractivity contribution in [1.82, 2.24) is 0 Å². The summed E-state index contributed by atoms with van der Waals surface area (Å²) >= 11 is 0. The van der Waals surface area contributed by atoms with Gasteiger partial charge in [-0.2, -0.15) is 13.2 Å². The fourth-order valence-corrected chi connectivity index (χ4v) is 1.85. The highest BCUT2D eigenvalue weighted by Crippen LogP contribution is 2.34. The van der Waals surface area contributed by atoms with Crippen molar-refractivity contribution in [2.75, 3.05) is 5.32 Å². The van der Waals surface area contributed by atoms with Crippen LogP contribution in [0.25, 0.3) is 0 Å². The van der Waals surface area contributed by atoms with Crippen LogP contribution >= 0.6 is 0 Å². The molecule has 0 bridgehead atoms. The molecule has 0 atom stereocenters. The Morgan fingerprint density at radius 2 is 1.62 bits per heavy atom. The van der Waals surface area contributed by atoms with E-state index in [-0.39, 0.29) is 17.7 Å². The van der Waals surface area contributed by atoms with E-state index in [0.29, 0.717) is 0 Å². The molecule has 0 aliphatic heterocycles. The SMILES string of the molecule is O=C(Cc1ccccc1F)Nc1ccccc1C(F)(F)F. The minimum atomic E-state index is -4.57. The topological polar surface area (TPSA) is 29.1 Å². The molecular formula is C15H11F4NO. The number of hydrogen-bond acceptors (Lipinski definition) is 1. The third kappa shape index (κ3) is 3.81. The lowest BCUT2D eigenvalue weighted by Gasteiger charge is -2.13. The zero-order chi connectivity index (χ0) is 15.5. The number of hydrogen-bond donors (Lipinski definition) is 1. The monoisotopic (exact) mass is 297 g/mol. The predicted molar refractivity (Wildman–Crippen MR) is 70.2 cm³/mol. The second-order valence-electron chi connectivity index (χ2n) is 4.36. The second-order valence-corrected chi connectivity index (χ2v) is 4.36. The molecule has 1 amide bonds. The quantitative estimate of drug-likeness (QED) is 0.852. The van der Waals surface area contributed by atoms with Gasteiger partial charge in [-0.25, -0.2) is 4.39 Å². The molecule has 110 valence electrons. The summed E-state index contributed by atoms with van der Waals surface area (Å²) in [6.45, 7) is 0. The van der Waals surface area contributed by atoms with Gasteiger partial charge in [0, 0.05) is 0 Å². The number of alkyl halides is 3. The number of carbonyl (C=O) groups is 1. The zero-order valence-corrected chi connectivity index (χ0v) is 10.7. The van der Waals surface area contributed by atoms with Crippen LogP contribution in [0.3, 0.4) is 0 Å². The van der Waals surface area contributed by atoms with Crippen molar-refractivity contribution in [2.45, 2.75) is 12.6 Å². The van der Waals surface area contributed by atoms with Gasteiger partial charge in [0.25, 0.3) is 0 Å². The Bertz CT molecular complexity index is 652. The summed E-state index contributed by atoms with van der Waals surface area (Å²) < 4.78 is 51.7. The highest BCUT2D eigenvalue weighted by molar-refractivity contribution is 5.93. The van der Waals surface area contributed by atoms with Crippen molar-refractivity contribution in [1.29, 1.82) is 0 Å². The van der Waals surface area contributed by atoms with Crippen LogP contribution in [0.5, 0.6) is 0 Å². The average molecular weight is 297 g/mol. The van der Waals surface area contributed by atoms with Gasteiger partial charge in [-0.3, -0.25) is 4.79 Å². The molecular weight excluding hydrogens is 286 g/mol. The molecule has 0 spiro atoms. The fraction of sp³-hybridized carbons (Fsp3) is 0.133. The van der Waals surface area contributed by atoms with Crippen molar-refractivity contribution >= 4 is 11.6 Å². The molecule has 1 N–H and O–H groups in total. The van der Waals surface area contributed by atoms with E-state index in [1.165, 1.54) is 30.3 Å². The highest BCUT2D eigenvalue weighted by Gasteiger charge is 2.33. The molecule has 0 heterocycles. The Kier molecular flexibility index (Phi) is 4.26. The van der Waals surface area contributed by atoms with Crippen LogP contribution in [0.2, 0.25) is 0 Å². The Balaban J connectivity index is 2.16. The minimum Gasteiger partial charge on any atom is -0.325 e. The van der Waals surface area contributed by atoms with E-state index in [2.05, 4.69) is 5.32 Å². The molecule has 0 radical (unpaired) electrons. The van der Waals surface area contributed by atoms with E-state index in [1.54, 1.807) is 6.07 Å². The van der Waals surface area contributed by atoms with Crippen LogP contribution in [0, 0.1) is 5.82 Å². The molecule has 0 unspecified atom stereocenters. The van der Waals surface area contributed by atoms with E-state index in [4.69, 9.17) is 0 Å². The van der Waals surface area contributed by atoms with Crippen molar-refractivity contribution in [3.63, 3.8) is 0 Å². The largest absolute Gasteiger partial charge is 0.418 e. The molecule has 0 saturated heterocycles. The first-order chi connectivity index (χ1) is 9.88. The van der Waals surface area contributed by atoms with Crippen LogP contribution in [0.4, 0.5) is 23.2 Å². The maximum Gasteiger partial charge on any atom is 0.418 e. The van der Waals surface area contributed by atoms with Gasteiger partial charge in [0.2, 0.25) is 5.91 Å². The fourth-order valence-electron chi connectivity index (χ4n) is 1.85. The first-order valence-electron chi connectivity index (χ1n) is 6.07. The summed E-state index contributed by atoms with van der Waals surface area (Å²) in [6.07, 6.45) is -4.90. The molecule has 2 aromatic carbocycles. The van der Waals surface area contributed by atoms with Gasteiger partial charge in [0.1, 0.15) is 5.82 Å². The molecule has 2 aromatic rings. The predicted octanol–water partition coefficient (Wildman–Crippen LogP) is 4.03. The van der Waals surface area contributed by atoms with Crippen molar-refractivity contribution in [3.05, 3.63) is 65.5 Å². The smallest absolute Gasteiger partial charge is 0.325 e. The number of nitrogens with one attached hydrogen (secondary N) is 1. The Labute approximate surface area is 118 Å². The van der Waals surface area contributed by atoms with Crippen LogP contribution in [-0.4, -0.2) is 5.91 Å². The van der Waals surface area contributed by atoms with Gasteiger partial charge in [-0.05, 0) is 23.8 Å². The lowest BCUT2D eigenvalue weighted by Crippen LogP contribution is -2.18. The van der Waals surface area contributed by atoms with Gasteiger partial charge in [0.05, 0.1) is 17.7 Å². The molecule has 0 aromatic heterocycles. The zero-order valence-electron chi connectivity index (χ0n) is 10.7. The molecule has 21 heavy (non-hydrogen) atoms. The Morgan fingerprint density at radius 3 is 2.29 bits per heavy atom. The summed E-state index contributed by atoms with van der Waals surface area (Å²) in [7, 11) is 0. The standard InChI is InChI=1S/C15H11F4NO/c16-12-7-3-1-5-10(12)9-14(21)20-13-8-4-2-6-11(13)15(17,18)19/h1-8H,9H2,(H,20,21). The van der Waals surface area contributed by atoms with Gasteiger partial charge in [0.15, 0.2) is 0 Å². The van der Waals surface area contributed by atoms with Gasteiger partial charge in [-0.1, -0.05) is 30.3 Å². The summed E-state index contributed by atoms with van der Waals surface area (Å²) in [5.74, 6) is -1.28. The Morgan fingerprint density at radius 1 is 1.00 bits per heavy atom. The van der Waals surface area contributed by atoms with Crippen LogP contribution in [0.15, 0.2) is 48.5 Å². The number of amides is 1. The lowest BCUT2D eigenvalue weighted by atomic mass is 10.1. The summed E-state index contributed by atoms with van der Waals surface area (Å²) in [5, 5.41) is 2.17. The number of rotatable bonds is 3. The van der Waals surface area contributed by atoms with Crippen molar-refractivity contribution in [2.24, 2.45) is 0 Å². The van der Waals surface area contributed by atoms with Gasteiger partial charge in [-0.15, -0.1) is 0 Å². The number of benzene rings is 2. The molecule has 0 aliphatic rings. The molecule has 2 nitrogen and oxygen atoms in total. The first-order valence-corrected chi connectivity index (χ1v) is 6.07. The van der Waals surface area contributed by atoms with E-state index in [0.717, 1.165) is 12.1 Å². The lowest BCUT2D eigenvalue weighted by molar-refractivity contribution is -0.137. The maximum absolute atomic E-state index is 13.4. The molecule has 6 heteroatoms. The van der Waals surface area contributed by atoms with E-state index in [9.17, 15) is 22.4 Å². The third-order valence-corrected chi connectivity index (χ3v) is 2.82. The van der Waals surface area contributed by atoms with Crippen LogP contribution < -0.4 is 5.32 Å². The van der Waals surface area contributed by atoms with Crippen molar-refractivity contribution in [3.8, 4) is 0 Å².